The molecular weight excluding hydrogens is 296 g/mol. The van der Waals surface area contributed by atoms with Crippen molar-refractivity contribution >= 4 is 23.2 Å². The topological polar surface area (TPSA) is 52.9 Å². The maximum absolute atomic E-state index is 12.2. The van der Waals surface area contributed by atoms with Crippen LogP contribution in [-0.4, -0.2) is 5.91 Å². The smallest absolute Gasteiger partial charge is 0.224 e. The lowest BCUT2D eigenvalue weighted by Crippen LogP contribution is -2.14. The number of fused-ring (bicyclic) bond motifs is 1. The number of hydrogen-bond donors (Lipinski definition) is 1. The molecule has 1 unspecified atom stereocenters. The Morgan fingerprint density at radius 3 is 2.91 bits per heavy atom. The minimum Gasteiger partial charge on any atom is -0.326 e. The Labute approximate surface area is 134 Å². The lowest BCUT2D eigenvalue weighted by Gasteiger charge is -2.12. The lowest BCUT2D eigenvalue weighted by molar-refractivity contribution is -0.116. The second-order valence-electron chi connectivity index (χ2n) is 5.49. The molecule has 2 aromatic carbocycles. The van der Waals surface area contributed by atoms with Crippen molar-refractivity contribution in [2.75, 3.05) is 5.32 Å². The normalized spacial score (nSPS) is 15.9. The van der Waals surface area contributed by atoms with Crippen LogP contribution in [0, 0.1) is 11.3 Å². The van der Waals surface area contributed by atoms with Crippen LogP contribution in [-0.2, 0) is 11.2 Å². The van der Waals surface area contributed by atoms with Crippen molar-refractivity contribution in [2.45, 2.75) is 25.2 Å². The van der Waals surface area contributed by atoms with E-state index in [9.17, 15) is 4.79 Å². The maximum atomic E-state index is 12.2. The number of nitrogens with zero attached hydrogens (tertiary/aromatic N) is 1. The second kappa shape index (κ2) is 6.21. The van der Waals surface area contributed by atoms with E-state index < -0.39 is 0 Å². The molecule has 3 nitrogen and oxygen atoms in total. The molecule has 0 aliphatic heterocycles. The van der Waals surface area contributed by atoms with Gasteiger partial charge in [-0.1, -0.05) is 35.9 Å². The van der Waals surface area contributed by atoms with E-state index in [-0.39, 0.29) is 11.8 Å². The SMILES string of the molecule is N#Cc1ccc(NC(=O)CC2CCc3ccccc32)cc1Cl. The Kier molecular flexibility index (Phi) is 4.13. The summed E-state index contributed by atoms with van der Waals surface area (Å²) in [5.41, 5.74) is 3.67. The number of benzene rings is 2. The molecule has 1 aliphatic carbocycles. The minimum atomic E-state index is -0.0255. The van der Waals surface area contributed by atoms with Gasteiger partial charge in [0.2, 0.25) is 5.91 Å². The van der Waals surface area contributed by atoms with Gasteiger partial charge >= 0.3 is 0 Å². The van der Waals surface area contributed by atoms with E-state index in [4.69, 9.17) is 16.9 Å². The van der Waals surface area contributed by atoms with Gasteiger partial charge in [-0.15, -0.1) is 0 Å². The van der Waals surface area contributed by atoms with Gasteiger partial charge in [-0.3, -0.25) is 4.79 Å². The predicted molar refractivity (Wildman–Crippen MR) is 86.9 cm³/mol. The van der Waals surface area contributed by atoms with Gasteiger partial charge in [-0.25, -0.2) is 0 Å². The van der Waals surface area contributed by atoms with Gasteiger partial charge in [0.05, 0.1) is 10.6 Å². The molecule has 1 aliphatic rings. The van der Waals surface area contributed by atoms with Gasteiger partial charge in [0.25, 0.3) is 0 Å². The zero-order valence-corrected chi connectivity index (χ0v) is 12.7. The molecular formula is C18H15ClN2O. The number of carbonyl (C=O) groups is 1. The van der Waals surface area contributed by atoms with Crippen molar-refractivity contribution in [2.24, 2.45) is 0 Å². The fourth-order valence-corrected chi connectivity index (χ4v) is 3.20. The Morgan fingerprint density at radius 1 is 1.32 bits per heavy atom. The highest BCUT2D eigenvalue weighted by Crippen LogP contribution is 2.35. The Balaban J connectivity index is 1.67. The summed E-state index contributed by atoms with van der Waals surface area (Å²) in [5.74, 6) is 0.257. The number of anilines is 1. The third-order valence-electron chi connectivity index (χ3n) is 4.06. The van der Waals surface area contributed by atoms with Gasteiger partial charge in [0, 0.05) is 12.1 Å². The van der Waals surface area contributed by atoms with E-state index in [1.807, 2.05) is 18.2 Å². The van der Waals surface area contributed by atoms with Crippen molar-refractivity contribution in [3.05, 3.63) is 64.2 Å². The summed E-state index contributed by atoms with van der Waals surface area (Å²) in [7, 11) is 0. The van der Waals surface area contributed by atoms with Crippen LogP contribution < -0.4 is 5.32 Å². The summed E-state index contributed by atoms with van der Waals surface area (Å²) >= 11 is 5.98. The molecule has 0 heterocycles. The zero-order chi connectivity index (χ0) is 15.5. The molecule has 3 rings (SSSR count). The average molecular weight is 311 g/mol. The highest BCUT2D eigenvalue weighted by Gasteiger charge is 2.24. The van der Waals surface area contributed by atoms with E-state index in [0.717, 1.165) is 12.8 Å². The summed E-state index contributed by atoms with van der Waals surface area (Å²) < 4.78 is 0. The number of rotatable bonds is 3. The molecule has 2 aromatic rings. The number of hydrogen-bond acceptors (Lipinski definition) is 2. The maximum Gasteiger partial charge on any atom is 0.224 e. The quantitative estimate of drug-likeness (QED) is 0.920. The molecule has 110 valence electrons. The fraction of sp³-hybridized carbons (Fsp3) is 0.222. The molecule has 0 spiro atoms. The van der Waals surface area contributed by atoms with Gasteiger partial charge in [-0.05, 0) is 48.1 Å². The van der Waals surface area contributed by atoms with Crippen molar-refractivity contribution in [1.29, 1.82) is 5.26 Å². The number of aryl methyl sites for hydroxylation is 1. The van der Waals surface area contributed by atoms with E-state index in [2.05, 4.69) is 17.4 Å². The zero-order valence-electron chi connectivity index (χ0n) is 12.0. The highest BCUT2D eigenvalue weighted by molar-refractivity contribution is 6.32. The average Bonchev–Trinajstić information content (AvgIpc) is 2.91. The van der Waals surface area contributed by atoms with E-state index in [1.165, 1.54) is 11.1 Å². The Hall–Kier alpha value is -2.31. The summed E-state index contributed by atoms with van der Waals surface area (Å²) in [5, 5.41) is 12.1. The number of halogens is 1. The molecule has 0 fully saturated rings. The van der Waals surface area contributed by atoms with Gasteiger partial charge in [0.1, 0.15) is 6.07 Å². The third kappa shape index (κ3) is 2.98. The van der Waals surface area contributed by atoms with E-state index in [1.54, 1.807) is 18.2 Å². The molecule has 1 amide bonds. The molecule has 4 heteroatoms. The van der Waals surface area contributed by atoms with Crippen LogP contribution in [0.4, 0.5) is 5.69 Å². The largest absolute Gasteiger partial charge is 0.326 e. The minimum absolute atomic E-state index is 0.0255. The van der Waals surface area contributed by atoms with Crippen LogP contribution in [0.15, 0.2) is 42.5 Å². The standard InChI is InChI=1S/C18H15ClN2O/c19-17-10-15(8-7-14(17)11-20)21-18(22)9-13-6-5-12-3-1-2-4-16(12)13/h1-4,7-8,10,13H,5-6,9H2,(H,21,22). The van der Waals surface area contributed by atoms with Gasteiger partial charge in [0.15, 0.2) is 0 Å². The molecule has 1 atom stereocenters. The monoisotopic (exact) mass is 310 g/mol. The molecule has 22 heavy (non-hydrogen) atoms. The second-order valence-corrected chi connectivity index (χ2v) is 5.90. The fourth-order valence-electron chi connectivity index (χ4n) is 2.98. The molecule has 1 N–H and O–H groups in total. The van der Waals surface area contributed by atoms with Crippen LogP contribution in [0.3, 0.4) is 0 Å². The third-order valence-corrected chi connectivity index (χ3v) is 4.37. The number of nitriles is 1. The molecule has 0 aromatic heterocycles. The van der Waals surface area contributed by atoms with Gasteiger partial charge < -0.3 is 5.32 Å². The summed E-state index contributed by atoms with van der Waals surface area (Å²) in [6, 6.07) is 15.2. The lowest BCUT2D eigenvalue weighted by atomic mass is 9.97. The molecule has 0 saturated carbocycles. The van der Waals surface area contributed by atoms with Crippen LogP contribution in [0.25, 0.3) is 0 Å². The molecule has 0 saturated heterocycles. The first-order valence-corrected chi connectivity index (χ1v) is 7.62. The molecule has 0 bridgehead atoms. The van der Waals surface area contributed by atoms with E-state index in [0.29, 0.717) is 22.7 Å². The van der Waals surface area contributed by atoms with Crippen LogP contribution in [0.5, 0.6) is 0 Å². The van der Waals surface area contributed by atoms with Crippen molar-refractivity contribution < 1.29 is 4.79 Å². The van der Waals surface area contributed by atoms with Crippen LogP contribution in [0.2, 0.25) is 5.02 Å². The van der Waals surface area contributed by atoms with Crippen LogP contribution in [0.1, 0.15) is 35.4 Å². The number of carbonyl (C=O) groups excluding carboxylic acids is 1. The van der Waals surface area contributed by atoms with Crippen molar-refractivity contribution in [3.8, 4) is 6.07 Å². The first-order chi connectivity index (χ1) is 10.7. The van der Waals surface area contributed by atoms with E-state index >= 15 is 0 Å². The summed E-state index contributed by atoms with van der Waals surface area (Å²) in [6.07, 6.45) is 2.52. The summed E-state index contributed by atoms with van der Waals surface area (Å²) in [4.78, 5) is 12.2. The number of amides is 1. The summed E-state index contributed by atoms with van der Waals surface area (Å²) in [6.45, 7) is 0. The predicted octanol–water partition coefficient (Wildman–Crippen LogP) is 4.27. The van der Waals surface area contributed by atoms with Gasteiger partial charge in [-0.2, -0.15) is 5.26 Å². The molecule has 0 radical (unpaired) electrons. The highest BCUT2D eigenvalue weighted by atomic mass is 35.5. The Morgan fingerprint density at radius 2 is 2.14 bits per heavy atom. The number of nitrogens with one attached hydrogen (secondary N) is 1. The van der Waals surface area contributed by atoms with Crippen molar-refractivity contribution in [3.63, 3.8) is 0 Å². The first kappa shape index (κ1) is 14.6. The van der Waals surface area contributed by atoms with Crippen molar-refractivity contribution in [1.82, 2.24) is 0 Å². The van der Waals surface area contributed by atoms with Crippen LogP contribution >= 0.6 is 11.6 Å². The first-order valence-electron chi connectivity index (χ1n) is 7.24. The Bertz CT molecular complexity index is 764.